The Bertz CT molecular complexity index is 222. The molecule has 1 rings (SSSR count). The van der Waals surface area contributed by atoms with E-state index in [2.05, 4.69) is 9.97 Å². The van der Waals surface area contributed by atoms with Crippen LogP contribution >= 0.6 is 11.6 Å². The maximum atomic E-state index is 5.54. The highest BCUT2D eigenvalue weighted by Gasteiger charge is 1.93. The van der Waals surface area contributed by atoms with Gasteiger partial charge in [0.25, 0.3) is 0 Å². The summed E-state index contributed by atoms with van der Waals surface area (Å²) in [6.45, 7) is 3.78. The van der Waals surface area contributed by atoms with E-state index < -0.39 is 0 Å². The topological polar surface area (TPSA) is 25.8 Å². The second kappa shape index (κ2) is 2.31. The molecule has 9 heavy (non-hydrogen) atoms. The lowest BCUT2D eigenvalue weighted by Gasteiger charge is -1.94. The van der Waals surface area contributed by atoms with Crippen LogP contribution in [0.25, 0.3) is 0 Å². The molecule has 0 saturated carbocycles. The van der Waals surface area contributed by atoms with E-state index in [1.807, 2.05) is 13.8 Å². The molecule has 0 radical (unpaired) electrons. The molecule has 2 nitrogen and oxygen atoms in total. The van der Waals surface area contributed by atoms with Crippen molar-refractivity contribution in [2.75, 3.05) is 0 Å². The van der Waals surface area contributed by atoms with Crippen molar-refractivity contribution in [1.29, 1.82) is 0 Å². The normalized spacial score (nSPS) is 9.67. The lowest BCUT2D eigenvalue weighted by molar-refractivity contribution is 1.05. The molecule has 1 heterocycles. The summed E-state index contributed by atoms with van der Waals surface area (Å²) in [5.74, 6) is 0. The fourth-order valence-electron chi connectivity index (χ4n) is 0.513. The molecule has 0 spiro atoms. The molecule has 0 atom stereocenters. The number of aromatic nitrogens is 2. The first kappa shape index (κ1) is 6.49. The number of aryl methyl sites for hydroxylation is 2. The average Bonchev–Trinajstić information content (AvgIpc) is 1.80. The monoisotopic (exact) mass is 142 g/mol. The molecule has 0 bridgehead atoms. The Morgan fingerprint density at radius 3 is 2.44 bits per heavy atom. The Morgan fingerprint density at radius 1 is 1.33 bits per heavy atom. The van der Waals surface area contributed by atoms with Gasteiger partial charge in [-0.05, 0) is 13.8 Å². The van der Waals surface area contributed by atoms with E-state index in [4.69, 9.17) is 11.6 Å². The van der Waals surface area contributed by atoms with Crippen LogP contribution in [0.15, 0.2) is 6.20 Å². The molecule has 3 heteroatoms. The molecule has 0 amide bonds. The number of rotatable bonds is 0. The maximum Gasteiger partial charge on any atom is 0.147 e. The van der Waals surface area contributed by atoms with E-state index in [1.165, 1.54) is 0 Å². The summed E-state index contributed by atoms with van der Waals surface area (Å²) < 4.78 is 0. The first-order valence-corrected chi connectivity index (χ1v) is 3.03. The maximum absolute atomic E-state index is 5.54. The molecule has 0 aromatic carbocycles. The highest BCUT2D eigenvalue weighted by Crippen LogP contribution is 2.04. The predicted molar refractivity (Wildman–Crippen MR) is 36.5 cm³/mol. The van der Waals surface area contributed by atoms with Gasteiger partial charge >= 0.3 is 0 Å². The summed E-state index contributed by atoms with van der Waals surface area (Å²) in [7, 11) is 0. The quantitative estimate of drug-likeness (QED) is 0.552. The average molecular weight is 143 g/mol. The van der Waals surface area contributed by atoms with E-state index in [-0.39, 0.29) is 0 Å². The lowest BCUT2D eigenvalue weighted by Crippen LogP contribution is -1.89. The highest BCUT2D eigenvalue weighted by atomic mass is 35.5. The third kappa shape index (κ3) is 1.39. The molecule has 0 aliphatic carbocycles. The van der Waals surface area contributed by atoms with Crippen LogP contribution in [0, 0.1) is 13.8 Å². The zero-order valence-corrected chi connectivity index (χ0v) is 6.11. The Kier molecular flexibility index (Phi) is 1.67. The first-order chi connectivity index (χ1) is 4.20. The number of halogens is 1. The third-order valence-corrected chi connectivity index (χ3v) is 1.34. The summed E-state index contributed by atoms with van der Waals surface area (Å²) in [6, 6.07) is 0. The molecule has 48 valence electrons. The van der Waals surface area contributed by atoms with Crippen molar-refractivity contribution in [3.63, 3.8) is 0 Å². The van der Waals surface area contributed by atoms with Crippen LogP contribution in [0.2, 0.25) is 5.15 Å². The summed E-state index contributed by atoms with van der Waals surface area (Å²) in [5.41, 5.74) is 1.82. The van der Waals surface area contributed by atoms with Gasteiger partial charge in [0.2, 0.25) is 0 Å². The smallest absolute Gasteiger partial charge is 0.147 e. The summed E-state index contributed by atoms with van der Waals surface area (Å²) in [4.78, 5) is 7.96. The summed E-state index contributed by atoms with van der Waals surface area (Å²) >= 11 is 5.54. The van der Waals surface area contributed by atoms with E-state index in [9.17, 15) is 0 Å². The van der Waals surface area contributed by atoms with Crippen molar-refractivity contribution in [2.45, 2.75) is 13.8 Å². The second-order valence-electron chi connectivity index (χ2n) is 1.86. The standard InChI is InChI=1S/C6H7ClN2/c1-4-5(2)9-6(7)3-8-4/h3H,1-2H3. The molecule has 0 unspecified atom stereocenters. The molecular weight excluding hydrogens is 136 g/mol. The lowest BCUT2D eigenvalue weighted by atomic mass is 10.4. The molecule has 0 aliphatic rings. The van der Waals surface area contributed by atoms with Crippen LogP contribution in [0.5, 0.6) is 0 Å². The SMILES string of the molecule is Cc1ncc(Cl)nc1C. The van der Waals surface area contributed by atoms with Crippen molar-refractivity contribution in [3.05, 3.63) is 22.7 Å². The largest absolute Gasteiger partial charge is 0.256 e. The number of nitrogens with zero attached hydrogens (tertiary/aromatic N) is 2. The van der Waals surface area contributed by atoms with Crippen LogP contribution in [0.1, 0.15) is 11.4 Å². The van der Waals surface area contributed by atoms with Crippen LogP contribution < -0.4 is 0 Å². The number of hydrogen-bond acceptors (Lipinski definition) is 2. The molecule has 1 aromatic rings. The molecule has 0 N–H and O–H groups in total. The Morgan fingerprint density at radius 2 is 2.00 bits per heavy atom. The van der Waals surface area contributed by atoms with Crippen LogP contribution in [0.4, 0.5) is 0 Å². The molecular formula is C6H7ClN2. The van der Waals surface area contributed by atoms with Gasteiger partial charge in [0.1, 0.15) is 5.15 Å². The predicted octanol–water partition coefficient (Wildman–Crippen LogP) is 1.75. The van der Waals surface area contributed by atoms with Crippen molar-refractivity contribution >= 4 is 11.6 Å². The van der Waals surface area contributed by atoms with Crippen molar-refractivity contribution in [3.8, 4) is 0 Å². The van der Waals surface area contributed by atoms with Crippen molar-refractivity contribution in [2.24, 2.45) is 0 Å². The van der Waals surface area contributed by atoms with Crippen molar-refractivity contribution < 1.29 is 0 Å². The Hall–Kier alpha value is -0.630. The Labute approximate surface area is 58.9 Å². The van der Waals surface area contributed by atoms with Gasteiger partial charge in [0.15, 0.2) is 0 Å². The molecule has 0 saturated heterocycles. The van der Waals surface area contributed by atoms with Gasteiger partial charge in [-0.1, -0.05) is 11.6 Å². The van der Waals surface area contributed by atoms with Crippen molar-refractivity contribution in [1.82, 2.24) is 9.97 Å². The van der Waals surface area contributed by atoms with Crippen LogP contribution in [0.3, 0.4) is 0 Å². The zero-order valence-electron chi connectivity index (χ0n) is 5.35. The minimum atomic E-state index is 0.457. The van der Waals surface area contributed by atoms with Gasteiger partial charge in [0, 0.05) is 0 Å². The zero-order chi connectivity index (χ0) is 6.85. The van der Waals surface area contributed by atoms with Gasteiger partial charge in [-0.3, -0.25) is 4.98 Å². The van der Waals surface area contributed by atoms with E-state index in [1.54, 1.807) is 6.20 Å². The van der Waals surface area contributed by atoms with Gasteiger partial charge in [-0.2, -0.15) is 0 Å². The summed E-state index contributed by atoms with van der Waals surface area (Å²) in [5, 5.41) is 0.457. The van der Waals surface area contributed by atoms with Gasteiger partial charge < -0.3 is 0 Å². The minimum Gasteiger partial charge on any atom is -0.256 e. The number of hydrogen-bond donors (Lipinski definition) is 0. The van der Waals surface area contributed by atoms with Gasteiger partial charge in [-0.15, -0.1) is 0 Å². The van der Waals surface area contributed by atoms with Gasteiger partial charge in [0.05, 0.1) is 17.6 Å². The van der Waals surface area contributed by atoms with Crippen LogP contribution in [-0.4, -0.2) is 9.97 Å². The fourth-order valence-corrected chi connectivity index (χ4v) is 0.689. The van der Waals surface area contributed by atoms with E-state index in [0.29, 0.717) is 5.15 Å². The van der Waals surface area contributed by atoms with E-state index in [0.717, 1.165) is 11.4 Å². The third-order valence-electron chi connectivity index (χ3n) is 1.16. The summed E-state index contributed by atoms with van der Waals surface area (Å²) in [6.07, 6.45) is 1.55. The van der Waals surface area contributed by atoms with Gasteiger partial charge in [-0.25, -0.2) is 4.98 Å². The Balaban J connectivity index is 3.17. The molecule has 0 aliphatic heterocycles. The van der Waals surface area contributed by atoms with Crippen LogP contribution in [-0.2, 0) is 0 Å². The second-order valence-corrected chi connectivity index (χ2v) is 2.25. The molecule has 1 aromatic heterocycles. The minimum absolute atomic E-state index is 0.457. The fraction of sp³-hybridized carbons (Fsp3) is 0.333. The highest BCUT2D eigenvalue weighted by molar-refractivity contribution is 6.29. The first-order valence-electron chi connectivity index (χ1n) is 2.66. The van der Waals surface area contributed by atoms with E-state index >= 15 is 0 Å². The molecule has 0 fully saturated rings.